The molecule has 29 heavy (non-hydrogen) atoms. The molecule has 0 radical (unpaired) electrons. The van der Waals surface area contributed by atoms with Crippen LogP contribution in [0.4, 0.5) is 11.6 Å². The van der Waals surface area contributed by atoms with E-state index in [1.165, 1.54) is 49.0 Å². The number of amides is 2. The predicted molar refractivity (Wildman–Crippen MR) is 104 cm³/mol. The lowest BCUT2D eigenvalue weighted by Crippen LogP contribution is -2.27. The third kappa shape index (κ3) is 5.62. The molecule has 0 aliphatic rings. The summed E-state index contributed by atoms with van der Waals surface area (Å²) in [5.74, 6) is -0.624. The van der Waals surface area contributed by atoms with Gasteiger partial charge in [-0.1, -0.05) is 0 Å². The second-order valence-electron chi connectivity index (χ2n) is 5.73. The van der Waals surface area contributed by atoms with Gasteiger partial charge in [0, 0.05) is 31.0 Å². The summed E-state index contributed by atoms with van der Waals surface area (Å²) in [5.41, 5.74) is 0.419. The van der Waals surface area contributed by atoms with Crippen molar-refractivity contribution in [1.29, 1.82) is 0 Å². The van der Waals surface area contributed by atoms with Crippen molar-refractivity contribution in [2.24, 2.45) is 0 Å². The number of carbonyl (C=O) groups excluding carboxylic acids is 2. The van der Waals surface area contributed by atoms with Crippen LogP contribution in [0.25, 0.3) is 0 Å². The number of sulfonamides is 1. The minimum atomic E-state index is -3.85. The lowest BCUT2D eigenvalue weighted by Gasteiger charge is -2.08. The van der Waals surface area contributed by atoms with Crippen LogP contribution in [0.3, 0.4) is 0 Å². The van der Waals surface area contributed by atoms with E-state index >= 15 is 0 Å². The largest absolute Gasteiger partial charge is 0.459 e. The summed E-state index contributed by atoms with van der Waals surface area (Å²) in [4.78, 5) is 31.3. The number of carbonyl (C=O) groups is 2. The van der Waals surface area contributed by atoms with Gasteiger partial charge in [-0.3, -0.25) is 9.59 Å². The summed E-state index contributed by atoms with van der Waals surface area (Å²) in [6, 6.07) is 10.3. The molecule has 0 aliphatic carbocycles. The van der Waals surface area contributed by atoms with Gasteiger partial charge >= 0.3 is 0 Å². The third-order valence-electron chi connectivity index (χ3n) is 3.62. The summed E-state index contributed by atoms with van der Waals surface area (Å²) in [7, 11) is -3.85. The number of rotatable bonds is 8. The molecule has 0 saturated carbocycles. The van der Waals surface area contributed by atoms with Crippen LogP contribution in [-0.4, -0.2) is 36.7 Å². The number of aromatic nitrogens is 2. The van der Waals surface area contributed by atoms with Gasteiger partial charge in [0.2, 0.25) is 11.9 Å². The van der Waals surface area contributed by atoms with Crippen molar-refractivity contribution >= 4 is 33.5 Å². The first-order valence-corrected chi connectivity index (χ1v) is 9.94. The number of anilines is 2. The van der Waals surface area contributed by atoms with E-state index in [0.29, 0.717) is 5.69 Å². The number of hydrogen-bond donors (Lipinski definition) is 3. The highest BCUT2D eigenvalue weighted by Gasteiger charge is 2.15. The Labute approximate surface area is 166 Å². The van der Waals surface area contributed by atoms with Crippen molar-refractivity contribution in [3.05, 3.63) is 66.9 Å². The Hall–Kier alpha value is -3.73. The van der Waals surface area contributed by atoms with E-state index in [-0.39, 0.29) is 35.5 Å². The molecule has 0 unspecified atom stereocenters. The maximum absolute atomic E-state index is 12.3. The van der Waals surface area contributed by atoms with E-state index in [2.05, 4.69) is 25.3 Å². The average Bonchev–Trinajstić information content (AvgIpc) is 3.24. The molecule has 1 aromatic carbocycles. The minimum absolute atomic E-state index is 0.00587. The minimum Gasteiger partial charge on any atom is -0.459 e. The van der Waals surface area contributed by atoms with Crippen molar-refractivity contribution in [2.45, 2.75) is 11.3 Å². The number of nitrogens with zero attached hydrogens (tertiary/aromatic N) is 2. The molecule has 0 aliphatic heterocycles. The molecule has 0 saturated heterocycles. The van der Waals surface area contributed by atoms with Gasteiger partial charge in [-0.25, -0.2) is 23.1 Å². The van der Waals surface area contributed by atoms with Crippen LogP contribution in [-0.2, 0) is 14.8 Å². The second kappa shape index (κ2) is 8.97. The molecule has 3 rings (SSSR count). The van der Waals surface area contributed by atoms with Gasteiger partial charge in [-0.2, -0.15) is 0 Å². The lowest BCUT2D eigenvalue weighted by atomic mass is 10.3. The molecule has 3 N–H and O–H groups in total. The van der Waals surface area contributed by atoms with Crippen LogP contribution in [0.2, 0.25) is 0 Å². The molecule has 11 heteroatoms. The maximum Gasteiger partial charge on any atom is 0.286 e. The number of hydrogen-bond acceptors (Lipinski definition) is 7. The van der Waals surface area contributed by atoms with Gasteiger partial charge in [0.15, 0.2) is 5.76 Å². The molecule has 0 fully saturated rings. The number of furan rings is 1. The molecule has 150 valence electrons. The quantitative estimate of drug-likeness (QED) is 0.507. The molecule has 3 aromatic rings. The van der Waals surface area contributed by atoms with Gasteiger partial charge in [0.25, 0.3) is 15.9 Å². The van der Waals surface area contributed by atoms with E-state index in [1.54, 1.807) is 12.1 Å². The Morgan fingerprint density at radius 3 is 2.38 bits per heavy atom. The van der Waals surface area contributed by atoms with Gasteiger partial charge in [-0.05, 0) is 42.5 Å². The Bertz CT molecular complexity index is 1070. The summed E-state index contributed by atoms with van der Waals surface area (Å²) in [6.07, 6.45) is 4.26. The Kier molecular flexibility index (Phi) is 6.19. The fourth-order valence-corrected chi connectivity index (χ4v) is 3.21. The fraction of sp³-hybridized carbons (Fsp3) is 0.111. The van der Waals surface area contributed by atoms with Crippen molar-refractivity contribution in [3.8, 4) is 0 Å². The van der Waals surface area contributed by atoms with Gasteiger partial charge in [0.05, 0.1) is 11.2 Å². The lowest BCUT2D eigenvalue weighted by molar-refractivity contribution is -0.116. The highest BCUT2D eigenvalue weighted by Crippen LogP contribution is 2.16. The van der Waals surface area contributed by atoms with E-state index in [0.717, 1.165) is 0 Å². The Morgan fingerprint density at radius 1 is 1.00 bits per heavy atom. The number of benzene rings is 1. The monoisotopic (exact) mass is 415 g/mol. The van der Waals surface area contributed by atoms with Crippen molar-refractivity contribution in [3.63, 3.8) is 0 Å². The molecule has 0 atom stereocenters. The Morgan fingerprint density at radius 2 is 1.72 bits per heavy atom. The van der Waals surface area contributed by atoms with Crippen molar-refractivity contribution in [2.75, 3.05) is 16.6 Å². The molecule has 2 aromatic heterocycles. The zero-order valence-corrected chi connectivity index (χ0v) is 15.8. The molecule has 2 heterocycles. The first-order chi connectivity index (χ1) is 13.9. The molecular formula is C18H17N5O5S. The van der Waals surface area contributed by atoms with Crippen LogP contribution in [0.1, 0.15) is 17.0 Å². The first-order valence-electron chi connectivity index (χ1n) is 8.45. The SMILES string of the molecule is O=C(CCNC(=O)c1ccco1)Nc1ccc(S(=O)(=O)Nc2ncccn2)cc1. The summed E-state index contributed by atoms with van der Waals surface area (Å²) in [6.45, 7) is 0.124. The van der Waals surface area contributed by atoms with Gasteiger partial charge in [-0.15, -0.1) is 0 Å². The van der Waals surface area contributed by atoms with Gasteiger partial charge in [0.1, 0.15) is 0 Å². The maximum atomic E-state index is 12.3. The second-order valence-corrected chi connectivity index (χ2v) is 7.42. The van der Waals surface area contributed by atoms with E-state index in [4.69, 9.17) is 4.42 Å². The van der Waals surface area contributed by atoms with Crippen molar-refractivity contribution in [1.82, 2.24) is 15.3 Å². The van der Waals surface area contributed by atoms with Crippen LogP contribution >= 0.6 is 0 Å². The van der Waals surface area contributed by atoms with Crippen LogP contribution in [0, 0.1) is 0 Å². The predicted octanol–water partition coefficient (Wildman–Crippen LogP) is 1.63. The summed E-state index contributed by atoms with van der Waals surface area (Å²) in [5, 5.41) is 5.19. The molecule has 2 amide bonds. The molecule has 0 bridgehead atoms. The molecule has 10 nitrogen and oxygen atoms in total. The molecule has 0 spiro atoms. The van der Waals surface area contributed by atoms with E-state index < -0.39 is 15.9 Å². The van der Waals surface area contributed by atoms with Crippen molar-refractivity contribution < 1.29 is 22.4 Å². The fourth-order valence-electron chi connectivity index (χ4n) is 2.26. The first kappa shape index (κ1) is 20.0. The number of nitrogens with one attached hydrogen (secondary N) is 3. The Balaban J connectivity index is 1.50. The topological polar surface area (TPSA) is 143 Å². The van der Waals surface area contributed by atoms with E-state index in [9.17, 15) is 18.0 Å². The summed E-state index contributed by atoms with van der Waals surface area (Å²) >= 11 is 0. The summed E-state index contributed by atoms with van der Waals surface area (Å²) < 4.78 is 31.8. The zero-order chi connectivity index (χ0) is 20.7. The highest BCUT2D eigenvalue weighted by molar-refractivity contribution is 7.92. The smallest absolute Gasteiger partial charge is 0.286 e. The molecular weight excluding hydrogens is 398 g/mol. The zero-order valence-electron chi connectivity index (χ0n) is 15.0. The van der Waals surface area contributed by atoms with Crippen LogP contribution < -0.4 is 15.4 Å². The van der Waals surface area contributed by atoms with Gasteiger partial charge < -0.3 is 15.1 Å². The normalized spacial score (nSPS) is 10.9. The highest BCUT2D eigenvalue weighted by atomic mass is 32.2. The van der Waals surface area contributed by atoms with Crippen LogP contribution in [0.5, 0.6) is 0 Å². The van der Waals surface area contributed by atoms with E-state index in [1.807, 2.05) is 0 Å². The standard InChI is InChI=1S/C18H17N5O5S/c24-16(8-11-19-17(25)15-3-1-12-28-15)22-13-4-6-14(7-5-13)29(26,27)23-18-20-9-2-10-21-18/h1-7,9-10,12H,8,11H2,(H,19,25)(H,22,24)(H,20,21,23). The third-order valence-corrected chi connectivity index (χ3v) is 4.97. The van der Waals surface area contributed by atoms with Crippen LogP contribution in [0.15, 0.2) is 70.4 Å². The average molecular weight is 415 g/mol.